The van der Waals surface area contributed by atoms with Crippen LogP contribution in [0.1, 0.15) is 19.0 Å². The van der Waals surface area contributed by atoms with E-state index in [4.69, 9.17) is 0 Å². The van der Waals surface area contributed by atoms with Crippen molar-refractivity contribution in [1.82, 2.24) is 29.9 Å². The summed E-state index contributed by atoms with van der Waals surface area (Å²) >= 11 is 0. The molecule has 10 heteroatoms. The molecule has 202 valence electrons. The molecule has 1 aliphatic heterocycles. The largest absolute Gasteiger partial charge is 0.371 e. The summed E-state index contributed by atoms with van der Waals surface area (Å²) < 4.78 is 0. The Balaban J connectivity index is 1.15. The Morgan fingerprint density at radius 2 is 1.80 bits per heavy atom. The first-order chi connectivity index (χ1) is 20.0. The lowest BCUT2D eigenvalue weighted by Crippen LogP contribution is -2.36. The van der Waals surface area contributed by atoms with Crippen LogP contribution in [-0.4, -0.2) is 48.9 Å². The van der Waals surface area contributed by atoms with Crippen LogP contribution in [0.4, 0.5) is 28.4 Å². The number of aryl methyl sites for hydroxylation is 1. The molecule has 0 saturated carbocycles. The number of fused-ring (bicyclic) bond motifs is 2. The Kier molecular flexibility index (Phi) is 6.00. The molecule has 6 heterocycles. The summed E-state index contributed by atoms with van der Waals surface area (Å²) in [5.74, 6) is 0.471. The van der Waals surface area contributed by atoms with Crippen LogP contribution in [0.2, 0.25) is 0 Å². The van der Waals surface area contributed by atoms with Crippen molar-refractivity contribution in [2.45, 2.75) is 20.3 Å². The Morgan fingerprint density at radius 3 is 2.56 bits per heavy atom. The van der Waals surface area contributed by atoms with Crippen molar-refractivity contribution in [3.8, 4) is 11.5 Å². The molecule has 1 aromatic carbocycles. The van der Waals surface area contributed by atoms with Gasteiger partial charge >= 0.3 is 0 Å². The lowest BCUT2D eigenvalue weighted by atomic mass is 10.1. The maximum atomic E-state index is 12.5. The van der Waals surface area contributed by atoms with E-state index in [2.05, 4.69) is 58.3 Å². The smallest absolute Gasteiger partial charge is 0.228 e. The van der Waals surface area contributed by atoms with Gasteiger partial charge < -0.3 is 15.2 Å². The van der Waals surface area contributed by atoms with Gasteiger partial charge in [0, 0.05) is 54.9 Å². The highest BCUT2D eigenvalue weighted by molar-refractivity contribution is 6.00. The zero-order valence-corrected chi connectivity index (χ0v) is 22.7. The number of anilines is 5. The minimum atomic E-state index is -0.125. The number of nitrogens with one attached hydrogen (secondary N) is 2. The number of aromatic nitrogens is 6. The maximum Gasteiger partial charge on any atom is 0.228 e. The summed E-state index contributed by atoms with van der Waals surface area (Å²) in [6.45, 7) is 5.61. The van der Waals surface area contributed by atoms with Gasteiger partial charge in [-0.2, -0.15) is 0 Å². The molecule has 0 spiro atoms. The van der Waals surface area contributed by atoms with E-state index in [1.807, 2.05) is 43.5 Å². The maximum absolute atomic E-state index is 12.5. The van der Waals surface area contributed by atoms with Gasteiger partial charge in [-0.15, -0.1) is 0 Å². The van der Waals surface area contributed by atoms with E-state index in [0.717, 1.165) is 46.7 Å². The third-order valence-electron chi connectivity index (χ3n) is 7.27. The molecular formula is C31H27N9O. The molecule has 1 amide bonds. The first kappa shape index (κ1) is 24.6. The Morgan fingerprint density at radius 1 is 0.927 bits per heavy atom. The number of aromatic amines is 1. The number of carbonyl (C=O) groups is 1. The molecule has 7 rings (SSSR count). The second-order valence-corrected chi connectivity index (χ2v) is 10.1. The second-order valence-electron chi connectivity index (χ2n) is 10.1. The van der Waals surface area contributed by atoms with Crippen LogP contribution in [0.15, 0.2) is 79.4 Å². The number of benzene rings is 1. The normalized spacial score (nSPS) is 12.9. The molecule has 6 aromatic rings. The van der Waals surface area contributed by atoms with E-state index in [9.17, 15) is 4.79 Å². The second kappa shape index (κ2) is 9.98. The number of rotatable bonds is 6. The van der Waals surface area contributed by atoms with Crippen LogP contribution in [0.3, 0.4) is 0 Å². The highest BCUT2D eigenvalue weighted by Gasteiger charge is 2.18. The molecule has 41 heavy (non-hydrogen) atoms. The number of hydrogen-bond acceptors (Lipinski definition) is 8. The van der Waals surface area contributed by atoms with Gasteiger partial charge in [-0.1, -0.05) is 0 Å². The van der Waals surface area contributed by atoms with E-state index >= 15 is 0 Å². The van der Waals surface area contributed by atoms with E-state index < -0.39 is 0 Å². The minimum absolute atomic E-state index is 0.125. The summed E-state index contributed by atoms with van der Waals surface area (Å²) in [7, 11) is 0. The molecule has 1 saturated heterocycles. The summed E-state index contributed by atoms with van der Waals surface area (Å²) in [5, 5.41) is 4.57. The number of nitrogens with zero attached hydrogens (tertiary/aromatic N) is 7. The zero-order valence-electron chi connectivity index (χ0n) is 22.7. The molecule has 1 fully saturated rings. The highest BCUT2D eigenvalue weighted by Crippen LogP contribution is 2.32. The van der Waals surface area contributed by atoms with E-state index in [1.54, 1.807) is 29.6 Å². The van der Waals surface area contributed by atoms with Crippen LogP contribution in [-0.2, 0) is 4.79 Å². The Labute approximate surface area is 236 Å². The van der Waals surface area contributed by atoms with Gasteiger partial charge in [0.1, 0.15) is 5.69 Å². The zero-order chi connectivity index (χ0) is 27.9. The average molecular weight is 542 g/mol. The minimum Gasteiger partial charge on any atom is -0.371 e. The lowest BCUT2D eigenvalue weighted by Gasteiger charge is -2.33. The first-order valence-corrected chi connectivity index (χ1v) is 13.5. The van der Waals surface area contributed by atoms with Crippen molar-refractivity contribution in [1.29, 1.82) is 0 Å². The number of H-pyrrole nitrogens is 1. The van der Waals surface area contributed by atoms with Crippen molar-refractivity contribution in [3.05, 3.63) is 85.1 Å². The van der Waals surface area contributed by atoms with E-state index in [1.165, 1.54) is 19.0 Å². The fraction of sp³-hybridized carbons (Fsp3) is 0.161. The molecule has 0 radical (unpaired) electrons. The van der Waals surface area contributed by atoms with Crippen LogP contribution in [0.5, 0.6) is 0 Å². The number of pyridine rings is 4. The Bertz CT molecular complexity index is 1910. The molecule has 5 aromatic heterocycles. The third kappa shape index (κ3) is 4.69. The molecular weight excluding hydrogens is 514 g/mol. The lowest BCUT2D eigenvalue weighted by molar-refractivity contribution is -0.115. The monoisotopic (exact) mass is 541 g/mol. The van der Waals surface area contributed by atoms with Crippen molar-refractivity contribution in [3.63, 3.8) is 0 Å². The van der Waals surface area contributed by atoms with Gasteiger partial charge in [0.05, 0.1) is 40.5 Å². The van der Waals surface area contributed by atoms with Gasteiger partial charge in [0.25, 0.3) is 0 Å². The quantitative estimate of drug-likeness (QED) is 0.267. The summed E-state index contributed by atoms with van der Waals surface area (Å²) in [6.07, 6.45) is 8.17. The molecule has 0 aliphatic carbocycles. The van der Waals surface area contributed by atoms with Crippen molar-refractivity contribution in [2.24, 2.45) is 0 Å². The van der Waals surface area contributed by atoms with Crippen LogP contribution in [0, 0.1) is 6.92 Å². The number of carbonyl (C=O) groups excluding carboxylic acids is 1. The number of hydrogen-bond donors (Lipinski definition) is 2. The molecule has 10 nitrogen and oxygen atoms in total. The summed E-state index contributed by atoms with van der Waals surface area (Å²) in [4.78, 5) is 42.4. The van der Waals surface area contributed by atoms with Crippen LogP contribution in [0.25, 0.3) is 33.6 Å². The van der Waals surface area contributed by atoms with Gasteiger partial charge in [0.15, 0.2) is 11.5 Å². The Hall–Kier alpha value is -5.38. The van der Waals surface area contributed by atoms with Gasteiger partial charge in [-0.05, 0) is 67.9 Å². The van der Waals surface area contributed by atoms with Gasteiger partial charge in [0.2, 0.25) is 5.91 Å². The molecule has 0 atom stereocenters. The number of imidazole rings is 1. The van der Waals surface area contributed by atoms with Crippen molar-refractivity contribution < 1.29 is 4.79 Å². The summed E-state index contributed by atoms with van der Waals surface area (Å²) in [6, 6.07) is 17.8. The SMILES string of the molecule is CC(=O)N(c1ccnc(C)c1)c1cnc2nc(-c3ccc(Nc4ccnc5ccc(N6CCC6)cc45)cn3)[nH]c2c1. The molecule has 0 unspecified atom stereocenters. The van der Waals surface area contributed by atoms with E-state index in [0.29, 0.717) is 28.4 Å². The highest BCUT2D eigenvalue weighted by atomic mass is 16.2. The van der Waals surface area contributed by atoms with Crippen molar-refractivity contribution in [2.75, 3.05) is 28.2 Å². The third-order valence-corrected chi connectivity index (χ3v) is 7.27. The predicted octanol–water partition coefficient (Wildman–Crippen LogP) is 5.91. The van der Waals surface area contributed by atoms with Gasteiger partial charge in [-0.3, -0.25) is 24.6 Å². The number of amides is 1. The van der Waals surface area contributed by atoms with Gasteiger partial charge in [-0.25, -0.2) is 9.97 Å². The molecule has 1 aliphatic rings. The van der Waals surface area contributed by atoms with Crippen molar-refractivity contribution >= 4 is 56.4 Å². The topological polar surface area (TPSA) is 116 Å². The average Bonchev–Trinajstić information content (AvgIpc) is 3.36. The van der Waals surface area contributed by atoms with Crippen LogP contribution >= 0.6 is 0 Å². The standard InChI is InChI=1S/C31H27N9O/c1-19-14-23(8-10-32-19)40(20(2)41)24-16-29-30(35-18-24)38-31(37-29)28-6-4-21(17-34-28)36-27-9-11-33-26-7-5-22(15-25(26)27)39-12-3-13-39/h4-11,14-18H,3,12-13H2,1-2H3,(H,33,36)(H,35,37,38). The summed E-state index contributed by atoms with van der Waals surface area (Å²) in [5.41, 5.74) is 8.13. The fourth-order valence-corrected chi connectivity index (χ4v) is 5.09. The van der Waals surface area contributed by atoms with E-state index in [-0.39, 0.29) is 5.91 Å². The molecule has 2 N–H and O–H groups in total. The van der Waals surface area contributed by atoms with Crippen LogP contribution < -0.4 is 15.1 Å². The molecule has 0 bridgehead atoms. The fourth-order valence-electron chi connectivity index (χ4n) is 5.09. The first-order valence-electron chi connectivity index (χ1n) is 13.5. The predicted molar refractivity (Wildman–Crippen MR) is 161 cm³/mol.